The smallest absolute Gasteiger partial charge is 0.322 e. The molecule has 0 fully saturated rings. The predicted octanol–water partition coefficient (Wildman–Crippen LogP) is 3.83. The van der Waals surface area contributed by atoms with E-state index in [9.17, 15) is 9.59 Å². The molecular formula is C22H25N3O2. The van der Waals surface area contributed by atoms with Gasteiger partial charge in [0.15, 0.2) is 0 Å². The number of nitrogens with zero attached hydrogens (tertiary/aromatic N) is 2. The summed E-state index contributed by atoms with van der Waals surface area (Å²) in [7, 11) is 3.45. The van der Waals surface area contributed by atoms with E-state index in [4.69, 9.17) is 0 Å². The second-order valence-corrected chi connectivity index (χ2v) is 7.80. The molecular weight excluding hydrogens is 338 g/mol. The first-order valence-electron chi connectivity index (χ1n) is 8.92. The summed E-state index contributed by atoms with van der Waals surface area (Å²) in [6.07, 6.45) is 3.30. The van der Waals surface area contributed by atoms with Crippen molar-refractivity contribution in [1.82, 2.24) is 9.13 Å². The van der Waals surface area contributed by atoms with E-state index in [1.807, 2.05) is 18.2 Å². The Balaban J connectivity index is 1.74. The Morgan fingerprint density at radius 1 is 0.963 bits per heavy atom. The van der Waals surface area contributed by atoms with Gasteiger partial charge in [-0.25, -0.2) is 4.79 Å². The van der Waals surface area contributed by atoms with E-state index in [-0.39, 0.29) is 17.0 Å². The molecule has 27 heavy (non-hydrogen) atoms. The summed E-state index contributed by atoms with van der Waals surface area (Å²) in [4.78, 5) is 24.2. The van der Waals surface area contributed by atoms with Crippen molar-refractivity contribution >= 4 is 28.7 Å². The molecule has 0 unspecified atom stereocenters. The number of anilines is 1. The zero-order valence-electron chi connectivity index (χ0n) is 16.4. The lowest BCUT2D eigenvalue weighted by atomic mass is 9.87. The fourth-order valence-electron chi connectivity index (χ4n) is 3.03. The maximum Gasteiger partial charge on any atom is 0.328 e. The number of imidazole rings is 1. The lowest BCUT2D eigenvalue weighted by Crippen LogP contribution is -2.19. The summed E-state index contributed by atoms with van der Waals surface area (Å²) in [5.41, 5.74) is 4.51. The largest absolute Gasteiger partial charge is 0.328 e. The molecule has 5 heteroatoms. The first-order chi connectivity index (χ1) is 12.7. The van der Waals surface area contributed by atoms with Crippen molar-refractivity contribution in [2.75, 3.05) is 5.32 Å². The topological polar surface area (TPSA) is 56.0 Å². The maximum absolute atomic E-state index is 12.2. The van der Waals surface area contributed by atoms with E-state index in [1.54, 1.807) is 41.4 Å². The van der Waals surface area contributed by atoms with Crippen LogP contribution >= 0.6 is 0 Å². The van der Waals surface area contributed by atoms with Gasteiger partial charge in [-0.3, -0.25) is 13.9 Å². The molecule has 1 amide bonds. The Hall–Kier alpha value is -3.08. The fourth-order valence-corrected chi connectivity index (χ4v) is 3.03. The molecule has 0 saturated heterocycles. The number of hydrogen-bond acceptors (Lipinski definition) is 2. The molecule has 0 bridgehead atoms. The summed E-state index contributed by atoms with van der Waals surface area (Å²) >= 11 is 0. The van der Waals surface area contributed by atoms with Gasteiger partial charge in [0.2, 0.25) is 5.91 Å². The Morgan fingerprint density at radius 3 is 2.22 bits per heavy atom. The highest BCUT2D eigenvalue weighted by molar-refractivity contribution is 6.02. The molecule has 5 nitrogen and oxygen atoms in total. The van der Waals surface area contributed by atoms with Gasteiger partial charge < -0.3 is 5.32 Å². The van der Waals surface area contributed by atoms with Crippen LogP contribution in [0.25, 0.3) is 17.1 Å². The number of fused-ring (bicyclic) bond motifs is 1. The van der Waals surface area contributed by atoms with Crippen molar-refractivity contribution in [1.29, 1.82) is 0 Å². The molecule has 3 aromatic rings. The van der Waals surface area contributed by atoms with Gasteiger partial charge in [-0.05, 0) is 40.8 Å². The van der Waals surface area contributed by atoms with E-state index in [0.29, 0.717) is 5.69 Å². The molecule has 1 N–H and O–H groups in total. The van der Waals surface area contributed by atoms with Gasteiger partial charge in [0.1, 0.15) is 0 Å². The SMILES string of the molecule is Cn1c(=O)n(C)c2cc(NC(=O)/C=C/c3ccc(C(C)(C)C)cc3)ccc21. The summed E-state index contributed by atoms with van der Waals surface area (Å²) in [5, 5.41) is 2.85. The first-order valence-corrected chi connectivity index (χ1v) is 8.92. The molecule has 0 spiro atoms. The van der Waals surface area contributed by atoms with Crippen molar-refractivity contribution in [2.45, 2.75) is 26.2 Å². The second-order valence-electron chi connectivity index (χ2n) is 7.80. The Morgan fingerprint density at radius 2 is 1.59 bits per heavy atom. The highest BCUT2D eigenvalue weighted by atomic mass is 16.2. The molecule has 0 saturated carbocycles. The van der Waals surface area contributed by atoms with E-state index in [1.165, 1.54) is 11.6 Å². The van der Waals surface area contributed by atoms with E-state index < -0.39 is 0 Å². The molecule has 0 atom stereocenters. The van der Waals surface area contributed by atoms with Gasteiger partial charge in [-0.15, -0.1) is 0 Å². The van der Waals surface area contributed by atoms with Crippen LogP contribution in [0.1, 0.15) is 31.9 Å². The fraction of sp³-hybridized carbons (Fsp3) is 0.273. The number of aryl methyl sites for hydroxylation is 2. The highest BCUT2D eigenvalue weighted by Gasteiger charge is 2.12. The minimum atomic E-state index is -0.213. The van der Waals surface area contributed by atoms with Crippen molar-refractivity contribution < 1.29 is 4.79 Å². The molecule has 0 radical (unpaired) electrons. The summed E-state index contributed by atoms with van der Waals surface area (Å²) < 4.78 is 3.15. The number of nitrogens with one attached hydrogen (secondary N) is 1. The number of carbonyl (C=O) groups excluding carboxylic acids is 1. The van der Waals surface area contributed by atoms with Gasteiger partial charge in [0, 0.05) is 25.9 Å². The number of carbonyl (C=O) groups is 1. The molecule has 1 heterocycles. The molecule has 1 aromatic heterocycles. The second kappa shape index (κ2) is 6.91. The average Bonchev–Trinajstić information content (AvgIpc) is 2.84. The number of aromatic nitrogens is 2. The normalized spacial score (nSPS) is 12.0. The van der Waals surface area contributed by atoms with Crippen LogP contribution in [0, 0.1) is 0 Å². The van der Waals surface area contributed by atoms with Crippen LogP contribution in [0.5, 0.6) is 0 Å². The number of benzene rings is 2. The number of rotatable bonds is 3. The van der Waals surface area contributed by atoms with Gasteiger partial charge in [0.25, 0.3) is 0 Å². The third kappa shape index (κ3) is 3.87. The maximum atomic E-state index is 12.2. The van der Waals surface area contributed by atoms with Crippen LogP contribution < -0.4 is 11.0 Å². The van der Waals surface area contributed by atoms with Crippen LogP contribution in [0.15, 0.2) is 53.3 Å². The van der Waals surface area contributed by atoms with Crippen molar-refractivity contribution in [2.24, 2.45) is 14.1 Å². The molecule has 140 valence electrons. The van der Waals surface area contributed by atoms with Crippen LogP contribution in [-0.2, 0) is 24.3 Å². The number of amides is 1. The summed E-state index contributed by atoms with van der Waals surface area (Å²) in [6, 6.07) is 13.6. The molecule has 0 aliphatic carbocycles. The first kappa shape index (κ1) is 18.7. The van der Waals surface area contributed by atoms with Gasteiger partial charge in [0.05, 0.1) is 11.0 Å². The van der Waals surface area contributed by atoms with Crippen LogP contribution in [-0.4, -0.2) is 15.0 Å². The molecule has 2 aromatic carbocycles. The minimum Gasteiger partial charge on any atom is -0.322 e. The Kier molecular flexibility index (Phi) is 4.79. The Labute approximate surface area is 158 Å². The van der Waals surface area contributed by atoms with Gasteiger partial charge in [-0.1, -0.05) is 45.0 Å². The highest BCUT2D eigenvalue weighted by Crippen LogP contribution is 2.22. The standard InChI is InChI=1S/C22H25N3O2/c1-22(2,3)16-9-6-15(7-10-16)8-13-20(26)23-17-11-12-18-19(14-17)25(5)21(27)24(18)4/h6-14H,1-5H3,(H,23,26)/b13-8+. The van der Waals surface area contributed by atoms with Crippen molar-refractivity contribution in [3.63, 3.8) is 0 Å². The minimum absolute atomic E-state index is 0.0907. The van der Waals surface area contributed by atoms with E-state index >= 15 is 0 Å². The average molecular weight is 363 g/mol. The van der Waals surface area contributed by atoms with E-state index in [2.05, 4.69) is 38.2 Å². The third-order valence-corrected chi connectivity index (χ3v) is 4.74. The lowest BCUT2D eigenvalue weighted by Gasteiger charge is -2.18. The predicted molar refractivity (Wildman–Crippen MR) is 111 cm³/mol. The zero-order valence-corrected chi connectivity index (χ0v) is 16.4. The molecule has 0 aliphatic heterocycles. The van der Waals surface area contributed by atoms with Crippen molar-refractivity contribution in [3.05, 3.63) is 70.2 Å². The molecule has 3 rings (SSSR count). The summed E-state index contributed by atoms with van der Waals surface area (Å²) in [6.45, 7) is 6.51. The number of hydrogen-bond donors (Lipinski definition) is 1. The quantitative estimate of drug-likeness (QED) is 0.719. The van der Waals surface area contributed by atoms with Crippen molar-refractivity contribution in [3.8, 4) is 0 Å². The Bertz CT molecular complexity index is 1080. The van der Waals surface area contributed by atoms with E-state index in [0.717, 1.165) is 16.6 Å². The van der Waals surface area contributed by atoms with Gasteiger partial charge >= 0.3 is 5.69 Å². The lowest BCUT2D eigenvalue weighted by molar-refractivity contribution is -0.111. The third-order valence-electron chi connectivity index (χ3n) is 4.74. The van der Waals surface area contributed by atoms with Crippen LogP contribution in [0.2, 0.25) is 0 Å². The van der Waals surface area contributed by atoms with Gasteiger partial charge in [-0.2, -0.15) is 0 Å². The van der Waals surface area contributed by atoms with Crippen LogP contribution in [0.4, 0.5) is 5.69 Å². The summed E-state index contributed by atoms with van der Waals surface area (Å²) in [5.74, 6) is -0.213. The van der Waals surface area contributed by atoms with Crippen LogP contribution in [0.3, 0.4) is 0 Å². The monoisotopic (exact) mass is 363 g/mol. The molecule has 0 aliphatic rings. The zero-order chi connectivity index (χ0) is 19.8.